The molecule has 1 aliphatic heterocycles. The Morgan fingerprint density at radius 3 is 2.78 bits per heavy atom. The number of anilines is 1. The number of rotatable bonds is 3. The fourth-order valence-electron chi connectivity index (χ4n) is 2.91. The molecule has 1 amide bonds. The van der Waals surface area contributed by atoms with E-state index < -0.39 is 0 Å². The van der Waals surface area contributed by atoms with Crippen molar-refractivity contribution in [2.75, 3.05) is 12.3 Å². The second-order valence-corrected chi connectivity index (χ2v) is 5.76. The van der Waals surface area contributed by atoms with Crippen LogP contribution in [-0.4, -0.2) is 22.5 Å². The van der Waals surface area contributed by atoms with Crippen molar-refractivity contribution in [3.05, 3.63) is 59.8 Å². The third-order valence-electron chi connectivity index (χ3n) is 4.14. The van der Waals surface area contributed by atoms with Crippen LogP contribution in [0, 0.1) is 0 Å². The maximum Gasteiger partial charge on any atom is 0.410 e. The molecule has 120 valence electrons. The third-order valence-corrected chi connectivity index (χ3v) is 4.14. The monoisotopic (exact) mass is 311 g/mol. The Bertz CT molecular complexity index is 643. The van der Waals surface area contributed by atoms with Crippen LogP contribution in [0.1, 0.15) is 36.4 Å². The van der Waals surface area contributed by atoms with Crippen LogP contribution in [0.2, 0.25) is 0 Å². The van der Waals surface area contributed by atoms with Crippen molar-refractivity contribution in [2.24, 2.45) is 0 Å². The van der Waals surface area contributed by atoms with Crippen molar-refractivity contribution >= 4 is 11.9 Å². The van der Waals surface area contributed by atoms with Crippen molar-refractivity contribution in [3.63, 3.8) is 0 Å². The summed E-state index contributed by atoms with van der Waals surface area (Å²) in [5, 5.41) is 0. The van der Waals surface area contributed by atoms with E-state index in [0.717, 1.165) is 30.4 Å². The first-order valence-corrected chi connectivity index (χ1v) is 7.93. The molecule has 2 N–H and O–H groups in total. The second-order valence-electron chi connectivity index (χ2n) is 5.76. The van der Waals surface area contributed by atoms with E-state index in [4.69, 9.17) is 10.5 Å². The zero-order valence-corrected chi connectivity index (χ0v) is 13.0. The molecule has 23 heavy (non-hydrogen) atoms. The predicted octanol–water partition coefficient (Wildman–Crippen LogP) is 3.53. The van der Waals surface area contributed by atoms with E-state index in [0.29, 0.717) is 19.0 Å². The lowest BCUT2D eigenvalue weighted by Crippen LogP contribution is -2.38. The van der Waals surface area contributed by atoms with Gasteiger partial charge in [-0.3, -0.25) is 0 Å². The standard InChI is InChI=1S/C18H21N3O2/c19-17-10-9-15(12-20-17)16-8-4-5-11-21(16)18(22)23-13-14-6-2-1-3-7-14/h1-3,6-7,9-10,12,16H,4-5,8,11,13H2,(H2,19,20)/t16-/m1/s1. The van der Waals surface area contributed by atoms with Gasteiger partial charge in [0.1, 0.15) is 12.4 Å². The van der Waals surface area contributed by atoms with Gasteiger partial charge in [-0.1, -0.05) is 36.4 Å². The molecule has 0 aliphatic carbocycles. The zero-order valence-electron chi connectivity index (χ0n) is 13.0. The van der Waals surface area contributed by atoms with Crippen molar-refractivity contribution in [3.8, 4) is 0 Å². The number of nitrogens with two attached hydrogens (primary N) is 1. The van der Waals surface area contributed by atoms with Crippen LogP contribution in [0.4, 0.5) is 10.6 Å². The van der Waals surface area contributed by atoms with Gasteiger partial charge in [0, 0.05) is 12.7 Å². The molecule has 1 saturated heterocycles. The van der Waals surface area contributed by atoms with Gasteiger partial charge in [-0.05, 0) is 36.5 Å². The summed E-state index contributed by atoms with van der Waals surface area (Å²) in [4.78, 5) is 18.4. The van der Waals surface area contributed by atoms with Gasteiger partial charge in [-0.15, -0.1) is 0 Å². The number of hydrogen-bond acceptors (Lipinski definition) is 4. The fourth-order valence-corrected chi connectivity index (χ4v) is 2.91. The SMILES string of the molecule is Nc1ccc([C@H]2CCCCN2C(=O)OCc2ccccc2)cn1. The molecule has 1 aromatic heterocycles. The number of pyridine rings is 1. The van der Waals surface area contributed by atoms with Gasteiger partial charge in [0.05, 0.1) is 6.04 Å². The number of carbonyl (C=O) groups is 1. The lowest BCUT2D eigenvalue weighted by Gasteiger charge is -2.35. The van der Waals surface area contributed by atoms with Crippen LogP contribution in [0.25, 0.3) is 0 Å². The predicted molar refractivity (Wildman–Crippen MR) is 88.6 cm³/mol. The van der Waals surface area contributed by atoms with Crippen molar-refractivity contribution in [1.82, 2.24) is 9.88 Å². The van der Waals surface area contributed by atoms with E-state index in [2.05, 4.69) is 4.98 Å². The molecule has 0 saturated carbocycles. The van der Waals surface area contributed by atoms with Gasteiger partial charge in [0.25, 0.3) is 0 Å². The Balaban J connectivity index is 1.68. The first-order valence-electron chi connectivity index (χ1n) is 7.93. The molecule has 1 fully saturated rings. The Labute approximate surface area is 136 Å². The van der Waals surface area contributed by atoms with E-state index >= 15 is 0 Å². The zero-order chi connectivity index (χ0) is 16.1. The number of piperidine rings is 1. The Morgan fingerprint density at radius 2 is 2.04 bits per heavy atom. The minimum Gasteiger partial charge on any atom is -0.445 e. The molecule has 1 atom stereocenters. The lowest BCUT2D eigenvalue weighted by molar-refractivity contribution is 0.0678. The molecule has 0 radical (unpaired) electrons. The van der Waals surface area contributed by atoms with E-state index in [1.807, 2.05) is 36.4 Å². The number of nitrogens with zero attached hydrogens (tertiary/aromatic N) is 2. The fraction of sp³-hybridized carbons (Fsp3) is 0.333. The van der Waals surface area contributed by atoms with Gasteiger partial charge in [0.2, 0.25) is 0 Å². The highest BCUT2D eigenvalue weighted by atomic mass is 16.6. The number of nitrogen functional groups attached to an aromatic ring is 1. The number of aromatic nitrogens is 1. The lowest BCUT2D eigenvalue weighted by atomic mass is 9.97. The van der Waals surface area contributed by atoms with Gasteiger partial charge >= 0.3 is 6.09 Å². The topological polar surface area (TPSA) is 68.5 Å². The van der Waals surface area contributed by atoms with Gasteiger partial charge in [-0.25, -0.2) is 9.78 Å². The molecular weight excluding hydrogens is 290 g/mol. The average molecular weight is 311 g/mol. The Hall–Kier alpha value is -2.56. The van der Waals surface area contributed by atoms with Crippen molar-refractivity contribution in [2.45, 2.75) is 31.9 Å². The van der Waals surface area contributed by atoms with Crippen LogP contribution < -0.4 is 5.73 Å². The summed E-state index contributed by atoms with van der Waals surface area (Å²) in [6.45, 7) is 1.01. The molecule has 5 nitrogen and oxygen atoms in total. The number of likely N-dealkylation sites (tertiary alicyclic amines) is 1. The Morgan fingerprint density at radius 1 is 1.22 bits per heavy atom. The molecule has 2 heterocycles. The van der Waals surface area contributed by atoms with Crippen molar-refractivity contribution in [1.29, 1.82) is 0 Å². The summed E-state index contributed by atoms with van der Waals surface area (Å²) in [5.41, 5.74) is 7.65. The summed E-state index contributed by atoms with van der Waals surface area (Å²) in [7, 11) is 0. The number of ether oxygens (including phenoxy) is 1. The second kappa shape index (κ2) is 7.13. The van der Waals surface area contributed by atoms with Gasteiger partial charge < -0.3 is 15.4 Å². The number of carbonyl (C=O) groups excluding carboxylic acids is 1. The molecule has 0 unspecified atom stereocenters. The highest BCUT2D eigenvalue weighted by Crippen LogP contribution is 2.31. The molecule has 1 aromatic carbocycles. The highest BCUT2D eigenvalue weighted by molar-refractivity contribution is 5.68. The number of hydrogen-bond donors (Lipinski definition) is 1. The molecule has 2 aromatic rings. The van der Waals surface area contributed by atoms with E-state index in [1.165, 1.54) is 0 Å². The normalized spacial score (nSPS) is 17.7. The molecular formula is C18H21N3O2. The summed E-state index contributed by atoms with van der Waals surface area (Å²) >= 11 is 0. The van der Waals surface area contributed by atoms with Crippen LogP contribution >= 0.6 is 0 Å². The Kier molecular flexibility index (Phi) is 4.76. The van der Waals surface area contributed by atoms with E-state index in [9.17, 15) is 4.79 Å². The van der Waals surface area contributed by atoms with Crippen LogP contribution in [0.15, 0.2) is 48.7 Å². The summed E-state index contributed by atoms with van der Waals surface area (Å²) in [6.07, 6.45) is 4.50. The molecule has 0 spiro atoms. The van der Waals surface area contributed by atoms with E-state index in [1.54, 1.807) is 17.2 Å². The summed E-state index contributed by atoms with van der Waals surface area (Å²) in [6, 6.07) is 13.4. The third kappa shape index (κ3) is 3.80. The number of amides is 1. The average Bonchev–Trinajstić information content (AvgIpc) is 2.61. The quantitative estimate of drug-likeness (QED) is 0.941. The van der Waals surface area contributed by atoms with Gasteiger partial charge in [-0.2, -0.15) is 0 Å². The molecule has 3 rings (SSSR count). The van der Waals surface area contributed by atoms with Crippen molar-refractivity contribution < 1.29 is 9.53 Å². The minimum absolute atomic E-state index is 0.0140. The van der Waals surface area contributed by atoms with Crippen LogP contribution in [0.3, 0.4) is 0 Å². The van der Waals surface area contributed by atoms with Crippen LogP contribution in [0.5, 0.6) is 0 Å². The largest absolute Gasteiger partial charge is 0.445 e. The highest BCUT2D eigenvalue weighted by Gasteiger charge is 2.29. The smallest absolute Gasteiger partial charge is 0.410 e. The first kappa shape index (κ1) is 15.3. The van der Waals surface area contributed by atoms with Gasteiger partial charge in [0.15, 0.2) is 0 Å². The summed E-state index contributed by atoms with van der Waals surface area (Å²) < 4.78 is 5.48. The molecule has 5 heteroatoms. The summed E-state index contributed by atoms with van der Waals surface area (Å²) in [5.74, 6) is 0.489. The molecule has 1 aliphatic rings. The number of benzene rings is 1. The maximum atomic E-state index is 12.5. The maximum absolute atomic E-state index is 12.5. The first-order chi connectivity index (χ1) is 11.2. The molecule has 0 bridgehead atoms. The van der Waals surface area contributed by atoms with Crippen LogP contribution in [-0.2, 0) is 11.3 Å². The minimum atomic E-state index is -0.268. The van der Waals surface area contributed by atoms with E-state index in [-0.39, 0.29) is 12.1 Å².